The topological polar surface area (TPSA) is 86.2 Å². The number of pyridine rings is 3. The molecule has 1 N–H and O–H groups in total. The van der Waals surface area contributed by atoms with Crippen molar-refractivity contribution in [3.8, 4) is 22.9 Å². The van der Waals surface area contributed by atoms with E-state index < -0.39 is 23.2 Å². The second-order valence-electron chi connectivity index (χ2n) is 9.40. The lowest BCUT2D eigenvalue weighted by Crippen LogP contribution is -2.16. The van der Waals surface area contributed by atoms with Gasteiger partial charge >= 0.3 is 0 Å². The summed E-state index contributed by atoms with van der Waals surface area (Å²) in [7, 11) is 2.80. The third kappa shape index (κ3) is 5.66. The van der Waals surface area contributed by atoms with Gasteiger partial charge in [-0.25, -0.2) is 23.1 Å². The molecule has 0 fully saturated rings. The van der Waals surface area contributed by atoms with Gasteiger partial charge in [0.1, 0.15) is 5.82 Å². The van der Waals surface area contributed by atoms with E-state index >= 15 is 4.39 Å². The summed E-state index contributed by atoms with van der Waals surface area (Å²) in [4.78, 5) is 25.2. The zero-order valence-corrected chi connectivity index (χ0v) is 22.0. The number of methoxy groups -OCH3 is 2. The highest BCUT2D eigenvalue weighted by Crippen LogP contribution is 2.35. The second-order valence-corrected chi connectivity index (χ2v) is 9.40. The number of anilines is 1. The lowest BCUT2D eigenvalue weighted by Gasteiger charge is -2.15. The number of hydrogen-bond donors (Lipinski definition) is 1. The molecule has 40 heavy (non-hydrogen) atoms. The van der Waals surface area contributed by atoms with Crippen molar-refractivity contribution < 1.29 is 27.4 Å². The molecule has 0 aliphatic heterocycles. The van der Waals surface area contributed by atoms with E-state index in [1.165, 1.54) is 19.4 Å². The summed E-state index contributed by atoms with van der Waals surface area (Å²) in [5.74, 6) is -3.92. The number of allylic oxidation sites excluding steroid dienone is 1. The molecule has 0 unspecified atom stereocenters. The molecule has 0 saturated heterocycles. The molecule has 1 aromatic carbocycles. The first-order valence-corrected chi connectivity index (χ1v) is 12.4. The molecule has 3 aromatic heterocycles. The predicted octanol–water partition coefficient (Wildman–Crippen LogP) is 6.08. The van der Waals surface area contributed by atoms with Gasteiger partial charge in [0.05, 0.1) is 43.8 Å². The quantitative estimate of drug-likeness (QED) is 0.288. The van der Waals surface area contributed by atoms with Crippen LogP contribution in [0.1, 0.15) is 34.9 Å². The van der Waals surface area contributed by atoms with Crippen molar-refractivity contribution in [3.05, 3.63) is 94.8 Å². The van der Waals surface area contributed by atoms with Crippen LogP contribution in [-0.4, -0.2) is 35.1 Å². The minimum absolute atomic E-state index is 0.0847. The molecule has 1 amide bonds. The van der Waals surface area contributed by atoms with E-state index in [9.17, 15) is 13.6 Å². The molecular formula is C30H25F3N4O3. The SMILES string of the molecule is COc1ccc(C2=Cc3cc(-c4ccc(CC(=O)Nc5cnc(OC)c(C(C)(F)F)c5)cc4F)cnc3C2)cn1. The molecule has 0 saturated carbocycles. The minimum atomic E-state index is -3.21. The van der Waals surface area contributed by atoms with E-state index in [0.29, 0.717) is 35.9 Å². The fraction of sp³-hybridized carbons (Fsp3) is 0.200. The van der Waals surface area contributed by atoms with E-state index in [-0.39, 0.29) is 18.0 Å². The van der Waals surface area contributed by atoms with Crippen LogP contribution in [0.2, 0.25) is 0 Å². The standard InChI is InChI=1S/C30H25F3N4O3/c1-30(32,33)24-13-22(16-36-29(24)40-3)37-27(38)9-17-4-6-23(25(31)8-17)21-11-20-10-19(12-26(20)34-15-21)18-5-7-28(39-2)35-14-18/h4-8,10-11,13-16H,9,12H2,1-3H3,(H,37,38). The van der Waals surface area contributed by atoms with E-state index in [2.05, 4.69) is 20.3 Å². The van der Waals surface area contributed by atoms with Crippen molar-refractivity contribution in [1.82, 2.24) is 15.0 Å². The van der Waals surface area contributed by atoms with Crippen LogP contribution in [0.5, 0.6) is 11.8 Å². The molecule has 0 bridgehead atoms. The Morgan fingerprint density at radius 2 is 1.77 bits per heavy atom. The number of carbonyl (C=O) groups excluding carboxylic acids is 1. The molecule has 1 aliphatic carbocycles. The van der Waals surface area contributed by atoms with Crippen LogP contribution in [0.3, 0.4) is 0 Å². The van der Waals surface area contributed by atoms with Crippen molar-refractivity contribution in [2.45, 2.75) is 25.7 Å². The summed E-state index contributed by atoms with van der Waals surface area (Å²) < 4.78 is 52.9. The van der Waals surface area contributed by atoms with Crippen molar-refractivity contribution in [1.29, 1.82) is 0 Å². The number of hydrogen-bond acceptors (Lipinski definition) is 6. The molecular weight excluding hydrogens is 521 g/mol. The van der Waals surface area contributed by atoms with Crippen LogP contribution in [0.4, 0.5) is 18.9 Å². The van der Waals surface area contributed by atoms with Gasteiger partial charge in [0.2, 0.25) is 17.7 Å². The number of benzene rings is 1. The molecule has 5 rings (SSSR count). The first kappa shape index (κ1) is 26.9. The zero-order valence-electron chi connectivity index (χ0n) is 22.0. The Morgan fingerprint density at radius 1 is 0.975 bits per heavy atom. The monoisotopic (exact) mass is 546 g/mol. The number of halogens is 3. The van der Waals surface area contributed by atoms with Gasteiger partial charge in [0.25, 0.3) is 5.92 Å². The first-order valence-electron chi connectivity index (χ1n) is 12.4. The number of fused-ring (bicyclic) bond motifs is 1. The van der Waals surface area contributed by atoms with Crippen LogP contribution >= 0.6 is 0 Å². The minimum Gasteiger partial charge on any atom is -0.481 e. The first-order chi connectivity index (χ1) is 19.1. The van der Waals surface area contributed by atoms with E-state index in [4.69, 9.17) is 9.47 Å². The highest BCUT2D eigenvalue weighted by molar-refractivity contribution is 5.92. The summed E-state index contributed by atoms with van der Waals surface area (Å²) in [5, 5.41) is 2.53. The number of amides is 1. The van der Waals surface area contributed by atoms with E-state index in [1.54, 1.807) is 37.7 Å². The van der Waals surface area contributed by atoms with Crippen molar-refractivity contribution in [3.63, 3.8) is 0 Å². The Morgan fingerprint density at radius 3 is 2.45 bits per heavy atom. The molecule has 204 valence electrons. The number of carbonyl (C=O) groups is 1. The van der Waals surface area contributed by atoms with Gasteiger partial charge in [0.15, 0.2) is 0 Å². The van der Waals surface area contributed by atoms with Gasteiger partial charge in [-0.1, -0.05) is 12.1 Å². The maximum Gasteiger partial charge on any atom is 0.275 e. The predicted molar refractivity (Wildman–Crippen MR) is 145 cm³/mol. The third-order valence-corrected chi connectivity index (χ3v) is 6.52. The number of nitrogens with one attached hydrogen (secondary N) is 1. The molecule has 0 atom stereocenters. The summed E-state index contributed by atoms with van der Waals surface area (Å²) >= 11 is 0. The van der Waals surface area contributed by atoms with Gasteiger partial charge in [0, 0.05) is 42.9 Å². The highest BCUT2D eigenvalue weighted by atomic mass is 19.3. The number of nitrogens with zero attached hydrogens (tertiary/aromatic N) is 3. The molecule has 1 aliphatic rings. The zero-order chi connectivity index (χ0) is 28.4. The highest BCUT2D eigenvalue weighted by Gasteiger charge is 2.30. The van der Waals surface area contributed by atoms with Crippen LogP contribution in [0, 0.1) is 5.82 Å². The van der Waals surface area contributed by atoms with Gasteiger partial charge < -0.3 is 14.8 Å². The van der Waals surface area contributed by atoms with Gasteiger partial charge in [-0.15, -0.1) is 0 Å². The maximum atomic E-state index is 15.1. The molecule has 4 aromatic rings. The Balaban J connectivity index is 1.30. The van der Waals surface area contributed by atoms with Crippen LogP contribution in [-0.2, 0) is 23.6 Å². The number of ether oxygens (including phenoxy) is 2. The number of aromatic nitrogens is 3. The fourth-order valence-electron chi connectivity index (χ4n) is 4.52. The summed E-state index contributed by atoms with van der Waals surface area (Å²) in [6.07, 6.45) is 7.09. The Kier molecular flexibility index (Phi) is 7.25. The summed E-state index contributed by atoms with van der Waals surface area (Å²) in [6, 6.07) is 11.2. The van der Waals surface area contributed by atoms with Crippen LogP contribution in [0.15, 0.2) is 61.1 Å². The largest absolute Gasteiger partial charge is 0.481 e. The van der Waals surface area contributed by atoms with Crippen LogP contribution < -0.4 is 14.8 Å². The van der Waals surface area contributed by atoms with Crippen LogP contribution in [0.25, 0.3) is 22.8 Å². The second kappa shape index (κ2) is 10.8. The number of rotatable bonds is 8. The third-order valence-electron chi connectivity index (χ3n) is 6.52. The molecule has 7 nitrogen and oxygen atoms in total. The van der Waals surface area contributed by atoms with E-state index in [0.717, 1.165) is 28.5 Å². The fourth-order valence-corrected chi connectivity index (χ4v) is 4.52. The number of alkyl halides is 2. The Bertz CT molecular complexity index is 1620. The van der Waals surface area contributed by atoms with E-state index in [1.807, 2.05) is 18.2 Å². The lowest BCUT2D eigenvalue weighted by molar-refractivity contribution is -0.115. The smallest absolute Gasteiger partial charge is 0.275 e. The molecule has 0 spiro atoms. The van der Waals surface area contributed by atoms with Gasteiger partial charge in [-0.05, 0) is 52.6 Å². The average molecular weight is 547 g/mol. The molecule has 0 radical (unpaired) electrons. The average Bonchev–Trinajstić information content (AvgIpc) is 3.36. The molecule has 10 heteroatoms. The Labute approximate surface area is 228 Å². The summed E-state index contributed by atoms with van der Waals surface area (Å²) in [5.41, 5.74) is 4.81. The van der Waals surface area contributed by atoms with Crippen molar-refractivity contribution in [2.24, 2.45) is 0 Å². The summed E-state index contributed by atoms with van der Waals surface area (Å²) in [6.45, 7) is 0.715. The Hall–Kier alpha value is -4.73. The normalized spacial score (nSPS) is 12.5. The maximum absolute atomic E-state index is 15.1. The van der Waals surface area contributed by atoms with Crippen molar-refractivity contribution in [2.75, 3.05) is 19.5 Å². The molecule has 3 heterocycles. The lowest BCUT2D eigenvalue weighted by atomic mass is 10.0. The van der Waals surface area contributed by atoms with Gasteiger partial charge in [-0.3, -0.25) is 9.78 Å². The van der Waals surface area contributed by atoms with Crippen molar-refractivity contribution >= 4 is 23.2 Å². The van der Waals surface area contributed by atoms with Gasteiger partial charge in [-0.2, -0.15) is 0 Å².